The fourth-order valence-corrected chi connectivity index (χ4v) is 2.19. The van der Waals surface area contributed by atoms with E-state index >= 15 is 0 Å². The molecule has 2 aromatic heterocycles. The predicted octanol–water partition coefficient (Wildman–Crippen LogP) is 3.34. The molecule has 8 heteroatoms. The Balaban J connectivity index is 1.65. The number of ether oxygens (including phenoxy) is 2. The number of esters is 1. The van der Waals surface area contributed by atoms with Crippen LogP contribution in [0.15, 0.2) is 45.5 Å². The summed E-state index contributed by atoms with van der Waals surface area (Å²) in [5.74, 6) is 0.537. The topological polar surface area (TPSA) is 111 Å². The Hall–Kier alpha value is -3.60. The quantitative estimate of drug-likeness (QED) is 0.620. The molecule has 1 atom stereocenters. The number of aromatic nitrogens is 2. The number of benzene rings is 1. The molecule has 0 saturated heterocycles. The lowest BCUT2D eigenvalue weighted by molar-refractivity contribution is 0.0227. The van der Waals surface area contributed by atoms with Gasteiger partial charge in [0.15, 0.2) is 11.9 Å². The Morgan fingerprint density at radius 1 is 1.38 bits per heavy atom. The molecule has 0 fully saturated rings. The molecule has 0 amide bonds. The van der Waals surface area contributed by atoms with Crippen LogP contribution in [0, 0.1) is 18.3 Å². The molecule has 3 aromatic rings. The average Bonchev–Trinajstić information content (AvgIpc) is 3.29. The Morgan fingerprint density at radius 3 is 2.96 bits per heavy atom. The maximum absolute atomic E-state index is 12.3. The summed E-state index contributed by atoms with van der Waals surface area (Å²) in [7, 11) is 0. The number of furan rings is 1. The largest absolute Gasteiger partial charge is 0.489 e. The second-order valence-electron chi connectivity index (χ2n) is 5.43. The van der Waals surface area contributed by atoms with Gasteiger partial charge in [0.25, 0.3) is 5.89 Å². The fraction of sp³-hybridized carbons (Fsp3) is 0.222. The van der Waals surface area contributed by atoms with E-state index in [4.69, 9.17) is 23.7 Å². The highest BCUT2D eigenvalue weighted by atomic mass is 16.6. The number of aryl methyl sites for hydroxylation is 1. The van der Waals surface area contributed by atoms with Crippen LogP contribution in [-0.2, 0) is 11.3 Å². The lowest BCUT2D eigenvalue weighted by Crippen LogP contribution is -2.11. The molecule has 0 aliphatic rings. The minimum Gasteiger partial charge on any atom is -0.489 e. The minimum atomic E-state index is -0.713. The van der Waals surface area contributed by atoms with Crippen molar-refractivity contribution in [3.63, 3.8) is 0 Å². The number of nitriles is 1. The maximum atomic E-state index is 12.3. The number of hydrogen-bond acceptors (Lipinski definition) is 8. The molecule has 0 aliphatic heterocycles. The van der Waals surface area contributed by atoms with Gasteiger partial charge in [-0.15, -0.1) is 0 Å². The van der Waals surface area contributed by atoms with Crippen molar-refractivity contribution in [3.8, 4) is 11.8 Å². The molecule has 1 unspecified atom stereocenters. The second-order valence-corrected chi connectivity index (χ2v) is 5.43. The lowest BCUT2D eigenvalue weighted by Gasteiger charge is -2.09. The summed E-state index contributed by atoms with van der Waals surface area (Å²) in [6.45, 7) is 3.38. The van der Waals surface area contributed by atoms with Gasteiger partial charge in [-0.1, -0.05) is 11.2 Å². The van der Waals surface area contributed by atoms with Crippen LogP contribution in [-0.4, -0.2) is 16.1 Å². The van der Waals surface area contributed by atoms with Crippen molar-refractivity contribution < 1.29 is 23.2 Å². The molecule has 8 nitrogen and oxygen atoms in total. The van der Waals surface area contributed by atoms with Crippen molar-refractivity contribution in [1.82, 2.24) is 10.1 Å². The van der Waals surface area contributed by atoms with Crippen molar-refractivity contribution in [1.29, 1.82) is 5.26 Å². The van der Waals surface area contributed by atoms with Crippen molar-refractivity contribution >= 4 is 5.97 Å². The first kappa shape index (κ1) is 17.2. The first-order valence-electron chi connectivity index (χ1n) is 7.77. The van der Waals surface area contributed by atoms with E-state index in [2.05, 4.69) is 10.1 Å². The number of carbonyl (C=O) groups is 1. The third-order valence-corrected chi connectivity index (χ3v) is 3.46. The number of hydrogen-bond donors (Lipinski definition) is 0. The summed E-state index contributed by atoms with van der Waals surface area (Å²) in [5.41, 5.74) is 1.00. The Bertz CT molecular complexity index is 954. The fourth-order valence-electron chi connectivity index (χ4n) is 2.19. The van der Waals surface area contributed by atoms with Gasteiger partial charge < -0.3 is 18.4 Å². The van der Waals surface area contributed by atoms with E-state index in [1.165, 1.54) is 6.26 Å². The highest BCUT2D eigenvalue weighted by molar-refractivity contribution is 5.88. The monoisotopic (exact) mass is 353 g/mol. The molecule has 0 radical (unpaired) electrons. The van der Waals surface area contributed by atoms with Crippen molar-refractivity contribution in [2.75, 3.05) is 0 Å². The van der Waals surface area contributed by atoms with E-state index in [1.807, 2.05) is 6.07 Å². The summed E-state index contributed by atoms with van der Waals surface area (Å²) in [4.78, 5) is 16.3. The molecule has 0 aliphatic carbocycles. The zero-order chi connectivity index (χ0) is 18.5. The first-order valence-corrected chi connectivity index (χ1v) is 7.77. The van der Waals surface area contributed by atoms with Gasteiger partial charge in [-0.25, -0.2) is 4.79 Å². The van der Waals surface area contributed by atoms with Gasteiger partial charge in [-0.3, -0.25) is 0 Å². The van der Waals surface area contributed by atoms with Gasteiger partial charge in [0, 0.05) is 5.56 Å². The summed E-state index contributed by atoms with van der Waals surface area (Å²) >= 11 is 0. The predicted molar refractivity (Wildman–Crippen MR) is 87.1 cm³/mol. The summed E-state index contributed by atoms with van der Waals surface area (Å²) in [5, 5.41) is 12.6. The Labute approximate surface area is 148 Å². The SMILES string of the molecule is Cc1noc(C(C)OC(=O)c2occc2COc2cccc(C#N)c2)n1. The van der Waals surface area contributed by atoms with Gasteiger partial charge in [0.2, 0.25) is 5.76 Å². The zero-order valence-electron chi connectivity index (χ0n) is 14.1. The van der Waals surface area contributed by atoms with Gasteiger partial charge in [-0.2, -0.15) is 10.2 Å². The molecule has 132 valence electrons. The normalized spacial score (nSPS) is 11.6. The minimum absolute atomic E-state index is 0.0320. The van der Waals surface area contributed by atoms with E-state index in [1.54, 1.807) is 44.2 Å². The smallest absolute Gasteiger partial charge is 0.375 e. The molecule has 0 spiro atoms. The van der Waals surface area contributed by atoms with E-state index in [0.29, 0.717) is 22.7 Å². The van der Waals surface area contributed by atoms with Crippen molar-refractivity contribution in [2.45, 2.75) is 26.6 Å². The van der Waals surface area contributed by atoms with E-state index in [-0.39, 0.29) is 18.3 Å². The van der Waals surface area contributed by atoms with Gasteiger partial charge in [0.1, 0.15) is 12.4 Å². The molecule has 26 heavy (non-hydrogen) atoms. The van der Waals surface area contributed by atoms with Crippen LogP contribution < -0.4 is 4.74 Å². The molecular weight excluding hydrogens is 338 g/mol. The van der Waals surface area contributed by atoms with Crippen LogP contribution in [0.3, 0.4) is 0 Å². The summed E-state index contributed by atoms with van der Waals surface area (Å²) < 4.78 is 21.1. The third-order valence-electron chi connectivity index (χ3n) is 3.46. The molecule has 1 aromatic carbocycles. The molecule has 3 rings (SSSR count). The molecule has 2 heterocycles. The number of nitrogens with zero attached hydrogens (tertiary/aromatic N) is 3. The van der Waals surface area contributed by atoms with Crippen LogP contribution >= 0.6 is 0 Å². The highest BCUT2D eigenvalue weighted by Crippen LogP contribution is 2.21. The molecule has 0 N–H and O–H groups in total. The molecular formula is C18H15N3O5. The molecule has 0 saturated carbocycles. The first-order chi connectivity index (χ1) is 12.6. The van der Waals surface area contributed by atoms with Crippen LogP contribution in [0.4, 0.5) is 0 Å². The van der Waals surface area contributed by atoms with Gasteiger partial charge >= 0.3 is 5.97 Å². The third kappa shape index (κ3) is 3.89. The van der Waals surface area contributed by atoms with Crippen LogP contribution in [0.1, 0.15) is 46.4 Å². The van der Waals surface area contributed by atoms with E-state index in [9.17, 15) is 4.79 Å². The summed E-state index contributed by atoms with van der Waals surface area (Å²) in [6, 6.07) is 10.4. The maximum Gasteiger partial charge on any atom is 0.375 e. The average molecular weight is 353 g/mol. The van der Waals surface area contributed by atoms with E-state index < -0.39 is 12.1 Å². The second kappa shape index (κ2) is 7.53. The Morgan fingerprint density at radius 2 is 2.23 bits per heavy atom. The zero-order valence-corrected chi connectivity index (χ0v) is 14.1. The van der Waals surface area contributed by atoms with Crippen LogP contribution in [0.5, 0.6) is 5.75 Å². The van der Waals surface area contributed by atoms with E-state index in [0.717, 1.165) is 0 Å². The van der Waals surface area contributed by atoms with Gasteiger partial charge in [-0.05, 0) is 38.1 Å². The molecule has 0 bridgehead atoms. The lowest BCUT2D eigenvalue weighted by atomic mass is 10.2. The van der Waals surface area contributed by atoms with Crippen molar-refractivity contribution in [2.24, 2.45) is 0 Å². The summed E-state index contributed by atoms with van der Waals surface area (Å²) in [6.07, 6.45) is 0.664. The van der Waals surface area contributed by atoms with Crippen molar-refractivity contribution in [3.05, 3.63) is 65.2 Å². The standard InChI is InChI=1S/C18H15N3O5/c1-11(17-20-12(2)21-26-17)25-18(22)16-14(6-7-23-16)10-24-15-5-3-4-13(8-15)9-19/h3-8,11H,10H2,1-2H3. The number of rotatable bonds is 6. The van der Waals surface area contributed by atoms with Crippen LogP contribution in [0.2, 0.25) is 0 Å². The number of carbonyl (C=O) groups excluding carboxylic acids is 1. The Kier molecular flexibility index (Phi) is 4.99. The van der Waals surface area contributed by atoms with Gasteiger partial charge in [0.05, 0.1) is 17.9 Å². The highest BCUT2D eigenvalue weighted by Gasteiger charge is 2.23. The van der Waals surface area contributed by atoms with Crippen LogP contribution in [0.25, 0.3) is 0 Å².